The maximum absolute atomic E-state index is 9.99. The number of fused-ring (bicyclic) bond motifs is 1. The molecule has 66 valence electrons. The molecule has 0 radical (unpaired) electrons. The van der Waals surface area contributed by atoms with E-state index < -0.39 is 0 Å². The van der Waals surface area contributed by atoms with Crippen molar-refractivity contribution in [1.29, 1.82) is 0 Å². The molecule has 1 aliphatic rings. The summed E-state index contributed by atoms with van der Waals surface area (Å²) >= 11 is 0. The van der Waals surface area contributed by atoms with Gasteiger partial charge in [0.25, 0.3) is 0 Å². The Morgan fingerprint density at radius 2 is 2.38 bits per heavy atom. The first kappa shape index (κ1) is 7.98. The van der Waals surface area contributed by atoms with Gasteiger partial charge in [-0.25, -0.2) is 4.79 Å². The number of nitrogens with zero attached hydrogens (tertiary/aromatic N) is 1. The zero-order chi connectivity index (χ0) is 9.10. The molecule has 1 aliphatic heterocycles. The molecule has 0 bridgehead atoms. The van der Waals surface area contributed by atoms with E-state index in [-0.39, 0.29) is 6.79 Å². The zero-order valence-corrected chi connectivity index (χ0v) is 6.82. The van der Waals surface area contributed by atoms with Crippen LogP contribution in [0.2, 0.25) is 0 Å². The molecule has 1 aromatic carbocycles. The SMILES string of the molecule is O=C=Nc1ccc2c(c1)OCOC2. The van der Waals surface area contributed by atoms with E-state index in [1.165, 1.54) is 6.08 Å². The number of hydrogen-bond acceptors (Lipinski definition) is 4. The van der Waals surface area contributed by atoms with Gasteiger partial charge >= 0.3 is 0 Å². The lowest BCUT2D eigenvalue weighted by molar-refractivity contribution is -0.0163. The van der Waals surface area contributed by atoms with Crippen molar-refractivity contribution < 1.29 is 14.3 Å². The molecule has 0 atom stereocenters. The van der Waals surface area contributed by atoms with Crippen LogP contribution in [0, 0.1) is 0 Å². The quantitative estimate of drug-likeness (QED) is 0.482. The maximum atomic E-state index is 9.99. The molecule has 1 heterocycles. The molecule has 0 saturated heterocycles. The average Bonchev–Trinajstić information content (AvgIpc) is 2.18. The fraction of sp³-hybridized carbons (Fsp3) is 0.222. The zero-order valence-electron chi connectivity index (χ0n) is 6.82. The minimum Gasteiger partial charge on any atom is -0.467 e. The molecule has 0 N–H and O–H groups in total. The van der Waals surface area contributed by atoms with Crippen LogP contribution in [0.15, 0.2) is 23.2 Å². The summed E-state index contributed by atoms with van der Waals surface area (Å²) in [5, 5.41) is 0. The summed E-state index contributed by atoms with van der Waals surface area (Å²) in [6.07, 6.45) is 1.48. The van der Waals surface area contributed by atoms with Crippen molar-refractivity contribution in [2.45, 2.75) is 6.61 Å². The number of ether oxygens (including phenoxy) is 2. The summed E-state index contributed by atoms with van der Waals surface area (Å²) in [6.45, 7) is 0.793. The summed E-state index contributed by atoms with van der Waals surface area (Å²) in [5.74, 6) is 0.725. The standard InChI is InChI=1S/C9H7NO3/c11-5-10-8-2-1-7-4-12-6-13-9(7)3-8/h1-3H,4,6H2. The predicted molar refractivity (Wildman–Crippen MR) is 44.5 cm³/mol. The van der Waals surface area contributed by atoms with Gasteiger partial charge in [0.2, 0.25) is 6.08 Å². The van der Waals surface area contributed by atoms with Crippen LogP contribution in [0.1, 0.15) is 5.56 Å². The van der Waals surface area contributed by atoms with Gasteiger partial charge in [-0.1, -0.05) is 6.07 Å². The molecule has 1 aromatic rings. The number of hydrogen-bond donors (Lipinski definition) is 0. The van der Waals surface area contributed by atoms with Crippen LogP contribution in [0.4, 0.5) is 5.69 Å². The highest BCUT2D eigenvalue weighted by atomic mass is 16.7. The van der Waals surface area contributed by atoms with E-state index in [1.54, 1.807) is 12.1 Å². The van der Waals surface area contributed by atoms with Crippen LogP contribution in [-0.2, 0) is 16.1 Å². The second kappa shape index (κ2) is 3.39. The molecule has 0 aliphatic carbocycles. The van der Waals surface area contributed by atoms with Crippen LogP contribution in [-0.4, -0.2) is 12.9 Å². The van der Waals surface area contributed by atoms with Gasteiger partial charge in [-0.3, -0.25) is 0 Å². The van der Waals surface area contributed by atoms with Crippen molar-refractivity contribution in [3.05, 3.63) is 23.8 Å². The molecular formula is C9H7NO3. The molecule has 0 aromatic heterocycles. The van der Waals surface area contributed by atoms with Gasteiger partial charge in [0, 0.05) is 11.6 Å². The Kier molecular flexibility index (Phi) is 2.08. The van der Waals surface area contributed by atoms with Gasteiger partial charge < -0.3 is 9.47 Å². The molecule has 13 heavy (non-hydrogen) atoms. The van der Waals surface area contributed by atoms with Crippen molar-refractivity contribution in [1.82, 2.24) is 0 Å². The third kappa shape index (κ3) is 1.59. The van der Waals surface area contributed by atoms with Crippen LogP contribution >= 0.6 is 0 Å². The molecule has 0 spiro atoms. The van der Waals surface area contributed by atoms with Gasteiger partial charge in [0.05, 0.1) is 12.3 Å². The molecule has 4 heteroatoms. The summed E-state index contributed by atoms with van der Waals surface area (Å²) in [6, 6.07) is 5.25. The Balaban J connectivity index is 2.40. The lowest BCUT2D eigenvalue weighted by atomic mass is 10.2. The molecule has 0 unspecified atom stereocenters. The Hall–Kier alpha value is -1.64. The molecular weight excluding hydrogens is 170 g/mol. The van der Waals surface area contributed by atoms with Crippen molar-refractivity contribution >= 4 is 11.8 Å². The fourth-order valence-corrected chi connectivity index (χ4v) is 1.18. The number of aliphatic imine (C=N–C) groups is 1. The minimum absolute atomic E-state index is 0.251. The normalized spacial score (nSPS) is 13.8. The molecule has 2 rings (SSSR count). The van der Waals surface area contributed by atoms with E-state index in [1.807, 2.05) is 6.07 Å². The van der Waals surface area contributed by atoms with Crippen LogP contribution in [0.25, 0.3) is 0 Å². The minimum atomic E-state index is 0.251. The van der Waals surface area contributed by atoms with Crippen LogP contribution in [0.5, 0.6) is 5.75 Å². The summed E-state index contributed by atoms with van der Waals surface area (Å²) in [4.78, 5) is 13.5. The van der Waals surface area contributed by atoms with Gasteiger partial charge in [-0.05, 0) is 6.07 Å². The molecule has 0 saturated carbocycles. The summed E-state index contributed by atoms with van der Waals surface area (Å²) < 4.78 is 10.3. The Bertz CT molecular complexity index is 369. The number of rotatable bonds is 1. The van der Waals surface area contributed by atoms with Crippen LogP contribution in [0.3, 0.4) is 0 Å². The van der Waals surface area contributed by atoms with Crippen molar-refractivity contribution in [2.24, 2.45) is 4.99 Å². The third-order valence-corrected chi connectivity index (χ3v) is 1.78. The highest BCUT2D eigenvalue weighted by molar-refractivity contribution is 5.53. The Morgan fingerprint density at radius 1 is 1.46 bits per heavy atom. The lowest BCUT2D eigenvalue weighted by Gasteiger charge is -2.17. The Morgan fingerprint density at radius 3 is 3.23 bits per heavy atom. The monoisotopic (exact) mass is 177 g/mol. The predicted octanol–water partition coefficient (Wildman–Crippen LogP) is 1.52. The first-order valence-corrected chi connectivity index (χ1v) is 3.81. The van der Waals surface area contributed by atoms with E-state index in [2.05, 4.69) is 4.99 Å². The highest BCUT2D eigenvalue weighted by Gasteiger charge is 2.10. The molecule has 0 amide bonds. The summed E-state index contributed by atoms with van der Waals surface area (Å²) in [5.41, 5.74) is 1.52. The second-order valence-corrected chi connectivity index (χ2v) is 2.61. The van der Waals surface area contributed by atoms with Crippen molar-refractivity contribution in [3.8, 4) is 5.75 Å². The van der Waals surface area contributed by atoms with Crippen molar-refractivity contribution in [2.75, 3.05) is 6.79 Å². The van der Waals surface area contributed by atoms with E-state index in [9.17, 15) is 4.79 Å². The molecule has 0 fully saturated rings. The largest absolute Gasteiger partial charge is 0.467 e. The van der Waals surface area contributed by atoms with Gasteiger partial charge in [0.15, 0.2) is 6.79 Å². The average molecular weight is 177 g/mol. The second-order valence-electron chi connectivity index (χ2n) is 2.61. The first-order chi connectivity index (χ1) is 6.40. The smallest absolute Gasteiger partial charge is 0.240 e. The van der Waals surface area contributed by atoms with Crippen LogP contribution < -0.4 is 4.74 Å². The first-order valence-electron chi connectivity index (χ1n) is 3.81. The van der Waals surface area contributed by atoms with E-state index in [0.29, 0.717) is 12.3 Å². The number of carbonyl (C=O) groups excluding carboxylic acids is 1. The van der Waals surface area contributed by atoms with Gasteiger partial charge in [0.1, 0.15) is 5.75 Å². The van der Waals surface area contributed by atoms with Gasteiger partial charge in [-0.15, -0.1) is 0 Å². The van der Waals surface area contributed by atoms with E-state index in [0.717, 1.165) is 11.3 Å². The van der Waals surface area contributed by atoms with Crippen molar-refractivity contribution in [3.63, 3.8) is 0 Å². The lowest BCUT2D eigenvalue weighted by Crippen LogP contribution is -2.10. The van der Waals surface area contributed by atoms with E-state index >= 15 is 0 Å². The summed E-state index contributed by atoms with van der Waals surface area (Å²) in [7, 11) is 0. The highest BCUT2D eigenvalue weighted by Crippen LogP contribution is 2.27. The topological polar surface area (TPSA) is 47.9 Å². The number of benzene rings is 1. The number of isocyanates is 1. The van der Waals surface area contributed by atoms with E-state index in [4.69, 9.17) is 9.47 Å². The maximum Gasteiger partial charge on any atom is 0.240 e. The van der Waals surface area contributed by atoms with Gasteiger partial charge in [-0.2, -0.15) is 4.99 Å². The third-order valence-electron chi connectivity index (χ3n) is 1.78. The molecule has 4 nitrogen and oxygen atoms in total. The Labute approximate surface area is 74.8 Å². The fourth-order valence-electron chi connectivity index (χ4n) is 1.18.